The zero-order valence-corrected chi connectivity index (χ0v) is 12.1. The molecule has 0 aromatic heterocycles. The minimum absolute atomic E-state index is 0.0247. The molecule has 0 bridgehead atoms. The van der Waals surface area contributed by atoms with E-state index in [0.29, 0.717) is 10.8 Å². The van der Waals surface area contributed by atoms with E-state index in [4.69, 9.17) is 12.2 Å². The minimum atomic E-state index is -0.457. The van der Waals surface area contributed by atoms with Crippen molar-refractivity contribution < 1.29 is 4.92 Å². The molecule has 2 aromatic carbocycles. The van der Waals surface area contributed by atoms with Gasteiger partial charge in [-0.15, -0.1) is 0 Å². The molecule has 21 heavy (non-hydrogen) atoms. The average molecular weight is 302 g/mol. The van der Waals surface area contributed by atoms with Crippen LogP contribution in [0.15, 0.2) is 48.5 Å². The first kappa shape index (κ1) is 14.7. The summed E-state index contributed by atoms with van der Waals surface area (Å²) in [5.41, 5.74) is 7.73. The van der Waals surface area contributed by atoms with E-state index in [0.717, 1.165) is 11.3 Å². The zero-order chi connectivity index (χ0) is 15.2. The number of benzene rings is 2. The number of nitrogens with one attached hydrogen (secondary N) is 3. The summed E-state index contributed by atoms with van der Waals surface area (Å²) in [6.45, 7) is 1.98. The van der Waals surface area contributed by atoms with Crippen LogP contribution in [0, 0.1) is 17.0 Å². The predicted octanol–water partition coefficient (Wildman–Crippen LogP) is 3.22. The Kier molecular flexibility index (Phi) is 4.68. The number of nitro groups is 1. The molecule has 0 amide bonds. The Labute approximate surface area is 127 Å². The van der Waals surface area contributed by atoms with Crippen molar-refractivity contribution in [3.05, 3.63) is 64.2 Å². The molecule has 0 saturated carbocycles. The Morgan fingerprint density at radius 3 is 2.67 bits per heavy atom. The van der Waals surface area contributed by atoms with E-state index in [-0.39, 0.29) is 5.69 Å². The van der Waals surface area contributed by atoms with Crippen molar-refractivity contribution >= 4 is 34.4 Å². The number of nitrogens with zero attached hydrogens (tertiary/aromatic N) is 1. The van der Waals surface area contributed by atoms with Gasteiger partial charge in [-0.2, -0.15) is 0 Å². The van der Waals surface area contributed by atoms with E-state index in [9.17, 15) is 10.1 Å². The predicted molar refractivity (Wildman–Crippen MR) is 87.3 cm³/mol. The van der Waals surface area contributed by atoms with Crippen LogP contribution >= 0.6 is 12.2 Å². The minimum Gasteiger partial charge on any atom is -0.331 e. The Morgan fingerprint density at radius 2 is 1.95 bits per heavy atom. The van der Waals surface area contributed by atoms with Crippen molar-refractivity contribution in [2.75, 3.05) is 10.7 Å². The van der Waals surface area contributed by atoms with Gasteiger partial charge >= 0.3 is 0 Å². The molecule has 3 N–H and O–H groups in total. The lowest BCUT2D eigenvalue weighted by Gasteiger charge is -2.12. The molecule has 7 heteroatoms. The highest BCUT2D eigenvalue weighted by Gasteiger charge is 2.11. The molecule has 0 atom stereocenters. The largest absolute Gasteiger partial charge is 0.331 e. The molecular weight excluding hydrogens is 288 g/mol. The maximum Gasteiger partial charge on any atom is 0.294 e. The smallest absolute Gasteiger partial charge is 0.294 e. The average Bonchev–Trinajstić information content (AvgIpc) is 2.45. The lowest BCUT2D eigenvalue weighted by Crippen LogP contribution is -2.33. The molecule has 0 radical (unpaired) electrons. The monoisotopic (exact) mass is 302 g/mol. The Balaban J connectivity index is 1.97. The van der Waals surface area contributed by atoms with Crippen molar-refractivity contribution in [3.8, 4) is 0 Å². The van der Waals surface area contributed by atoms with Crippen LogP contribution < -0.4 is 16.2 Å². The number of hydrazine groups is 1. The number of anilines is 2. The summed E-state index contributed by atoms with van der Waals surface area (Å²) in [5.74, 6) is 0. The maximum absolute atomic E-state index is 10.9. The molecule has 2 rings (SSSR count). The second-order valence-corrected chi connectivity index (χ2v) is 4.76. The molecular formula is C14H14N4O2S. The van der Waals surface area contributed by atoms with Gasteiger partial charge in [0.15, 0.2) is 5.11 Å². The van der Waals surface area contributed by atoms with Gasteiger partial charge in [-0.05, 0) is 42.9 Å². The van der Waals surface area contributed by atoms with Crippen LogP contribution in [-0.2, 0) is 0 Å². The van der Waals surface area contributed by atoms with Crippen molar-refractivity contribution in [1.82, 2.24) is 5.43 Å². The van der Waals surface area contributed by atoms with Gasteiger partial charge < -0.3 is 5.32 Å². The highest BCUT2D eigenvalue weighted by molar-refractivity contribution is 7.80. The Hall–Kier alpha value is -2.67. The molecule has 0 aliphatic rings. The van der Waals surface area contributed by atoms with Gasteiger partial charge in [0.2, 0.25) is 0 Å². The fraction of sp³-hybridized carbons (Fsp3) is 0.0714. The second-order valence-electron chi connectivity index (χ2n) is 4.35. The van der Waals surface area contributed by atoms with Crippen LogP contribution in [0.2, 0.25) is 0 Å². The highest BCUT2D eigenvalue weighted by Crippen LogP contribution is 2.22. The molecule has 0 heterocycles. The van der Waals surface area contributed by atoms with E-state index >= 15 is 0 Å². The van der Waals surface area contributed by atoms with Crippen LogP contribution in [0.4, 0.5) is 17.1 Å². The Morgan fingerprint density at radius 1 is 1.19 bits per heavy atom. The summed E-state index contributed by atoms with van der Waals surface area (Å²) in [6.07, 6.45) is 0. The topological polar surface area (TPSA) is 79.2 Å². The summed E-state index contributed by atoms with van der Waals surface area (Å²) in [5, 5.41) is 14.2. The van der Waals surface area contributed by atoms with Crippen LogP contribution in [0.25, 0.3) is 0 Å². The second kappa shape index (κ2) is 6.67. The number of aryl methyl sites for hydroxylation is 1. The molecule has 0 aliphatic carbocycles. The van der Waals surface area contributed by atoms with Crippen LogP contribution in [0.1, 0.15) is 5.56 Å². The van der Waals surface area contributed by atoms with Crippen LogP contribution in [0.3, 0.4) is 0 Å². The third kappa shape index (κ3) is 4.15. The summed E-state index contributed by atoms with van der Waals surface area (Å²) in [6, 6.07) is 14.0. The van der Waals surface area contributed by atoms with Gasteiger partial charge in [0.05, 0.1) is 4.92 Å². The van der Waals surface area contributed by atoms with Gasteiger partial charge in [-0.25, -0.2) is 0 Å². The fourth-order valence-electron chi connectivity index (χ4n) is 1.75. The van der Waals surface area contributed by atoms with Gasteiger partial charge in [-0.3, -0.25) is 21.0 Å². The number of nitro benzene ring substituents is 1. The van der Waals surface area contributed by atoms with Crippen molar-refractivity contribution in [1.29, 1.82) is 0 Å². The van der Waals surface area contributed by atoms with Crippen molar-refractivity contribution in [2.24, 2.45) is 0 Å². The van der Waals surface area contributed by atoms with E-state index in [1.807, 2.05) is 31.2 Å². The third-order valence-corrected chi connectivity index (χ3v) is 2.89. The van der Waals surface area contributed by atoms with Crippen LogP contribution in [-0.4, -0.2) is 10.0 Å². The van der Waals surface area contributed by atoms with Crippen molar-refractivity contribution in [2.45, 2.75) is 6.92 Å². The number of para-hydroxylation sites is 2. The van der Waals surface area contributed by atoms with Gasteiger partial charge in [-0.1, -0.05) is 24.3 Å². The molecule has 0 unspecified atom stereocenters. The lowest BCUT2D eigenvalue weighted by atomic mass is 10.2. The normalized spacial score (nSPS) is 9.76. The molecule has 0 saturated heterocycles. The maximum atomic E-state index is 10.9. The highest BCUT2D eigenvalue weighted by atomic mass is 32.1. The number of hydrogen-bond acceptors (Lipinski definition) is 4. The molecule has 2 aromatic rings. The molecule has 0 fully saturated rings. The molecule has 0 spiro atoms. The van der Waals surface area contributed by atoms with Gasteiger partial charge in [0, 0.05) is 11.8 Å². The zero-order valence-electron chi connectivity index (χ0n) is 11.3. The number of hydrogen-bond donors (Lipinski definition) is 3. The van der Waals surface area contributed by atoms with Crippen LogP contribution in [0.5, 0.6) is 0 Å². The standard InChI is InChI=1S/C14H14N4O2S/c1-10-5-4-6-11(9-10)15-14(21)17-16-12-7-2-3-8-13(12)18(19)20/h2-9,16H,1H3,(H2,15,17,21). The summed E-state index contributed by atoms with van der Waals surface area (Å²) in [4.78, 5) is 10.4. The van der Waals surface area contributed by atoms with Gasteiger partial charge in [0.1, 0.15) is 5.69 Å². The van der Waals surface area contributed by atoms with E-state index in [2.05, 4.69) is 16.2 Å². The molecule has 0 aliphatic heterocycles. The SMILES string of the molecule is Cc1cccc(NC(=S)NNc2ccccc2[N+](=O)[O-])c1. The summed E-state index contributed by atoms with van der Waals surface area (Å²) >= 11 is 5.13. The molecule has 108 valence electrons. The third-order valence-electron chi connectivity index (χ3n) is 2.69. The lowest BCUT2D eigenvalue weighted by molar-refractivity contribution is -0.384. The van der Waals surface area contributed by atoms with Crippen molar-refractivity contribution in [3.63, 3.8) is 0 Å². The first-order valence-electron chi connectivity index (χ1n) is 6.19. The van der Waals surface area contributed by atoms with E-state index in [1.54, 1.807) is 18.2 Å². The summed E-state index contributed by atoms with van der Waals surface area (Å²) in [7, 11) is 0. The summed E-state index contributed by atoms with van der Waals surface area (Å²) < 4.78 is 0. The first-order valence-corrected chi connectivity index (χ1v) is 6.60. The Bertz CT molecular complexity index is 676. The van der Waals surface area contributed by atoms with Gasteiger partial charge in [0.25, 0.3) is 5.69 Å². The first-order chi connectivity index (χ1) is 10.1. The molecule has 6 nitrogen and oxygen atoms in total. The van der Waals surface area contributed by atoms with E-state index < -0.39 is 4.92 Å². The number of thiocarbonyl (C=S) groups is 1. The fourth-order valence-corrected chi connectivity index (χ4v) is 1.92. The number of rotatable bonds is 4. The van der Waals surface area contributed by atoms with E-state index in [1.165, 1.54) is 6.07 Å². The quantitative estimate of drug-likeness (QED) is 0.457.